The van der Waals surface area contributed by atoms with Crippen LogP contribution in [0.15, 0.2) is 46.9 Å². The zero-order chi connectivity index (χ0) is 18.5. The summed E-state index contributed by atoms with van der Waals surface area (Å²) in [6.45, 7) is 1.93. The van der Waals surface area contributed by atoms with Crippen molar-refractivity contribution >= 4 is 17.8 Å². The molecule has 0 saturated carbocycles. The molecule has 0 bridgehead atoms. The fourth-order valence-corrected chi connectivity index (χ4v) is 3.25. The Labute approximate surface area is 157 Å². The van der Waals surface area contributed by atoms with Gasteiger partial charge in [-0.05, 0) is 31.4 Å². The molecule has 1 aliphatic rings. The van der Waals surface area contributed by atoms with Crippen LogP contribution < -0.4 is 10.2 Å². The van der Waals surface area contributed by atoms with Gasteiger partial charge in [-0.1, -0.05) is 30.3 Å². The summed E-state index contributed by atoms with van der Waals surface area (Å²) in [4.78, 5) is 18.7. The van der Waals surface area contributed by atoms with Gasteiger partial charge in [0, 0.05) is 31.5 Å². The van der Waals surface area contributed by atoms with E-state index in [1.54, 1.807) is 0 Å². The lowest BCUT2D eigenvalue weighted by atomic mass is 10.1. The number of amides is 1. The Morgan fingerprint density at radius 2 is 1.93 bits per heavy atom. The number of rotatable bonds is 6. The lowest BCUT2D eigenvalue weighted by Gasteiger charge is -2.24. The number of aryl methyl sites for hydroxylation is 1. The normalized spacial score (nSPS) is 14.3. The second-order valence-corrected chi connectivity index (χ2v) is 6.71. The molecule has 0 radical (unpaired) electrons. The van der Waals surface area contributed by atoms with Crippen LogP contribution in [0.2, 0.25) is 0 Å². The molecule has 0 atom stereocenters. The highest BCUT2D eigenvalue weighted by Gasteiger charge is 2.16. The molecule has 3 heterocycles. The van der Waals surface area contributed by atoms with Crippen LogP contribution >= 0.6 is 0 Å². The number of hydrogen-bond donors (Lipinski definition) is 2. The van der Waals surface area contributed by atoms with E-state index in [1.807, 2.05) is 42.5 Å². The van der Waals surface area contributed by atoms with Gasteiger partial charge in [0.25, 0.3) is 0 Å². The van der Waals surface area contributed by atoms with Crippen LogP contribution in [-0.4, -0.2) is 34.2 Å². The second kappa shape index (κ2) is 8.07. The molecule has 1 aromatic carbocycles. The van der Waals surface area contributed by atoms with Crippen molar-refractivity contribution in [1.29, 1.82) is 0 Å². The third kappa shape index (κ3) is 4.36. The summed E-state index contributed by atoms with van der Waals surface area (Å²) in [5, 5.41) is 9.78. The van der Waals surface area contributed by atoms with Gasteiger partial charge in [0.1, 0.15) is 11.5 Å². The third-order valence-corrected chi connectivity index (χ3v) is 4.69. The molecule has 4 rings (SSSR count). The molecule has 0 aliphatic carbocycles. The zero-order valence-corrected chi connectivity index (χ0v) is 15.1. The number of benzene rings is 1. The molecule has 7 heteroatoms. The number of nitrogens with one attached hydrogen (secondary N) is 2. The van der Waals surface area contributed by atoms with Crippen LogP contribution in [0.1, 0.15) is 31.4 Å². The van der Waals surface area contributed by atoms with Crippen LogP contribution in [0.25, 0.3) is 11.3 Å². The lowest BCUT2D eigenvalue weighted by Crippen LogP contribution is -2.30. The molecule has 0 unspecified atom stereocenters. The number of hydrogen-bond acceptors (Lipinski definition) is 5. The minimum absolute atomic E-state index is 0.117. The number of carbonyl (C=O) groups excluding carboxylic acids is 1. The van der Waals surface area contributed by atoms with Crippen molar-refractivity contribution < 1.29 is 9.21 Å². The summed E-state index contributed by atoms with van der Waals surface area (Å²) < 4.78 is 5.83. The molecule has 2 N–H and O–H groups in total. The smallest absolute Gasteiger partial charge is 0.246 e. The first kappa shape index (κ1) is 17.3. The molecule has 1 fully saturated rings. The highest BCUT2D eigenvalue weighted by atomic mass is 16.3. The van der Waals surface area contributed by atoms with Gasteiger partial charge in [0.15, 0.2) is 0 Å². The average Bonchev–Trinajstić information content (AvgIpc) is 3.37. The molecule has 1 amide bonds. The van der Waals surface area contributed by atoms with Crippen LogP contribution in [0.4, 0.5) is 11.9 Å². The van der Waals surface area contributed by atoms with Crippen molar-refractivity contribution in [3.05, 3.63) is 48.2 Å². The van der Waals surface area contributed by atoms with E-state index < -0.39 is 0 Å². The van der Waals surface area contributed by atoms with Gasteiger partial charge >= 0.3 is 0 Å². The van der Waals surface area contributed by atoms with Gasteiger partial charge in [-0.15, -0.1) is 5.10 Å². The highest BCUT2D eigenvalue weighted by molar-refractivity contribution is 5.89. The van der Waals surface area contributed by atoms with Crippen molar-refractivity contribution in [2.24, 2.45) is 0 Å². The molecular weight excluding hydrogens is 342 g/mol. The van der Waals surface area contributed by atoms with E-state index in [1.165, 1.54) is 6.42 Å². The topological polar surface area (TPSA) is 87.1 Å². The molecule has 7 nitrogen and oxygen atoms in total. The number of nitrogens with zero attached hydrogens (tertiary/aromatic N) is 3. The summed E-state index contributed by atoms with van der Waals surface area (Å²) in [6, 6.07) is 13.8. The summed E-state index contributed by atoms with van der Waals surface area (Å²) >= 11 is 0. The maximum absolute atomic E-state index is 12.2. The fraction of sp³-hybridized carbons (Fsp3) is 0.350. The first-order valence-corrected chi connectivity index (χ1v) is 9.39. The van der Waals surface area contributed by atoms with Crippen LogP contribution in [0.5, 0.6) is 0 Å². The number of anilines is 2. The van der Waals surface area contributed by atoms with E-state index in [4.69, 9.17) is 4.42 Å². The summed E-state index contributed by atoms with van der Waals surface area (Å²) in [7, 11) is 0. The molecule has 1 aliphatic heterocycles. The Hall–Kier alpha value is -3.09. The van der Waals surface area contributed by atoms with E-state index >= 15 is 0 Å². The van der Waals surface area contributed by atoms with Gasteiger partial charge in [-0.25, -0.2) is 5.10 Å². The van der Waals surface area contributed by atoms with Crippen LogP contribution in [0, 0.1) is 0 Å². The fourth-order valence-electron chi connectivity index (χ4n) is 3.25. The number of H-pyrrole nitrogens is 1. The third-order valence-electron chi connectivity index (χ3n) is 4.69. The Morgan fingerprint density at radius 3 is 2.74 bits per heavy atom. The zero-order valence-electron chi connectivity index (χ0n) is 15.1. The molecule has 2 aromatic heterocycles. The van der Waals surface area contributed by atoms with Gasteiger partial charge in [-0.3, -0.25) is 10.1 Å². The van der Waals surface area contributed by atoms with E-state index in [0.29, 0.717) is 24.7 Å². The maximum Gasteiger partial charge on any atom is 0.246 e. The molecule has 140 valence electrons. The Bertz CT molecular complexity index is 881. The Balaban J connectivity index is 1.29. The van der Waals surface area contributed by atoms with Crippen LogP contribution in [0.3, 0.4) is 0 Å². The van der Waals surface area contributed by atoms with Gasteiger partial charge < -0.3 is 9.32 Å². The van der Waals surface area contributed by atoms with E-state index in [9.17, 15) is 4.79 Å². The van der Waals surface area contributed by atoms with Crippen LogP contribution in [-0.2, 0) is 11.2 Å². The van der Waals surface area contributed by atoms with Crippen molar-refractivity contribution in [2.75, 3.05) is 23.3 Å². The number of aromatic nitrogens is 3. The predicted octanol–water partition coefficient (Wildman–Crippen LogP) is 3.63. The number of piperidine rings is 1. The Morgan fingerprint density at radius 1 is 1.11 bits per heavy atom. The molecule has 3 aromatic rings. The molecular formula is C20H23N5O2. The number of carbonyl (C=O) groups is 1. The predicted molar refractivity (Wildman–Crippen MR) is 104 cm³/mol. The van der Waals surface area contributed by atoms with Crippen molar-refractivity contribution in [3.63, 3.8) is 0 Å². The van der Waals surface area contributed by atoms with Gasteiger partial charge in [-0.2, -0.15) is 4.98 Å². The van der Waals surface area contributed by atoms with Gasteiger partial charge in [0.2, 0.25) is 17.8 Å². The quantitative estimate of drug-likeness (QED) is 0.696. The SMILES string of the molecule is O=C(CCc1ccc(-c2ccccc2)o1)Nc1nc(N2CCCCC2)n[nH]1. The number of furan rings is 1. The maximum atomic E-state index is 12.2. The van der Waals surface area contributed by atoms with Crippen molar-refractivity contribution in [1.82, 2.24) is 15.2 Å². The molecule has 27 heavy (non-hydrogen) atoms. The minimum atomic E-state index is -0.117. The van der Waals surface area contributed by atoms with E-state index in [0.717, 1.165) is 43.0 Å². The van der Waals surface area contributed by atoms with E-state index in [-0.39, 0.29) is 5.91 Å². The standard InChI is InChI=1S/C20H23N5O2/c26-18(21-19-22-20(24-23-19)25-13-5-2-6-14-25)12-10-16-9-11-17(27-16)15-7-3-1-4-8-15/h1,3-4,7-9,11H,2,5-6,10,12-14H2,(H2,21,22,23,24,26). The first-order valence-electron chi connectivity index (χ1n) is 9.39. The summed E-state index contributed by atoms with van der Waals surface area (Å²) in [5.74, 6) is 2.53. The monoisotopic (exact) mass is 365 g/mol. The number of aromatic amines is 1. The first-order chi connectivity index (χ1) is 13.3. The highest BCUT2D eigenvalue weighted by Crippen LogP contribution is 2.22. The average molecular weight is 365 g/mol. The van der Waals surface area contributed by atoms with Crippen molar-refractivity contribution in [3.8, 4) is 11.3 Å². The van der Waals surface area contributed by atoms with E-state index in [2.05, 4.69) is 25.4 Å². The van der Waals surface area contributed by atoms with Crippen molar-refractivity contribution in [2.45, 2.75) is 32.1 Å². The van der Waals surface area contributed by atoms with Gasteiger partial charge in [0.05, 0.1) is 0 Å². The largest absolute Gasteiger partial charge is 0.461 e. The molecule has 1 saturated heterocycles. The summed E-state index contributed by atoms with van der Waals surface area (Å²) in [5.41, 5.74) is 1.03. The second-order valence-electron chi connectivity index (χ2n) is 6.71. The Kier molecular flexibility index (Phi) is 5.18. The minimum Gasteiger partial charge on any atom is -0.461 e. The lowest BCUT2D eigenvalue weighted by molar-refractivity contribution is -0.116. The molecule has 0 spiro atoms. The summed E-state index contributed by atoms with van der Waals surface area (Å²) in [6.07, 6.45) is 4.42.